The Bertz CT molecular complexity index is 294. The van der Waals surface area contributed by atoms with Gasteiger partial charge in [0.2, 0.25) is 0 Å². The number of hydrogen-bond acceptors (Lipinski definition) is 5. The molecule has 12 heavy (non-hydrogen) atoms. The van der Waals surface area contributed by atoms with Crippen molar-refractivity contribution in [3.05, 3.63) is 10.6 Å². The number of nitrogens with one attached hydrogen (secondary N) is 1. The molecule has 1 aromatic heterocycles. The van der Waals surface area contributed by atoms with Gasteiger partial charge >= 0.3 is 0 Å². The molecule has 0 aromatic carbocycles. The van der Waals surface area contributed by atoms with E-state index in [1.165, 1.54) is 23.1 Å². The van der Waals surface area contributed by atoms with Crippen LogP contribution in [0.15, 0.2) is 0 Å². The Hall–Kier alpha value is -0.750. The van der Waals surface area contributed by atoms with Gasteiger partial charge < -0.3 is 11.5 Å². The first-order chi connectivity index (χ1) is 5.59. The highest BCUT2D eigenvalue weighted by Gasteiger charge is 2.05. The van der Waals surface area contributed by atoms with Gasteiger partial charge in [-0.3, -0.25) is 5.41 Å². The molecule has 5 N–H and O–H groups in total. The van der Waals surface area contributed by atoms with Gasteiger partial charge in [-0.25, -0.2) is 4.98 Å². The van der Waals surface area contributed by atoms with Crippen molar-refractivity contribution in [3.8, 4) is 0 Å². The molecule has 4 nitrogen and oxygen atoms in total. The lowest BCUT2D eigenvalue weighted by Crippen LogP contribution is -2.03. The first-order valence-electron chi connectivity index (χ1n) is 3.28. The summed E-state index contributed by atoms with van der Waals surface area (Å²) in [5, 5.41) is 7.72. The fourth-order valence-electron chi connectivity index (χ4n) is 0.728. The first kappa shape index (κ1) is 9.34. The van der Waals surface area contributed by atoms with Crippen LogP contribution >= 0.6 is 23.1 Å². The third-order valence-electron chi connectivity index (χ3n) is 1.27. The zero-order valence-corrected chi connectivity index (χ0v) is 8.26. The lowest BCUT2D eigenvalue weighted by atomic mass is 10.4. The molecule has 1 aromatic rings. The number of nitrogens with two attached hydrogens (primary N) is 2. The number of rotatable bonds is 2. The van der Waals surface area contributed by atoms with Crippen LogP contribution in [0.5, 0.6) is 0 Å². The van der Waals surface area contributed by atoms with Crippen LogP contribution in [0.25, 0.3) is 0 Å². The fraction of sp³-hybridized carbons (Fsp3) is 0.333. The largest absolute Gasteiger partial charge is 0.379 e. The van der Waals surface area contributed by atoms with Crippen LogP contribution in [0.1, 0.15) is 10.6 Å². The lowest BCUT2D eigenvalue weighted by Gasteiger charge is -1.95. The average molecular weight is 202 g/mol. The molecular formula is C6H10N4S2. The minimum Gasteiger partial charge on any atom is -0.379 e. The summed E-state index contributed by atoms with van der Waals surface area (Å²) in [6.07, 6.45) is 0. The van der Waals surface area contributed by atoms with Crippen LogP contribution in [0, 0.1) is 12.3 Å². The van der Waals surface area contributed by atoms with Crippen molar-refractivity contribution in [3.63, 3.8) is 0 Å². The molecule has 66 valence electrons. The predicted octanol–water partition coefficient (Wildman–Crippen LogP) is 1.16. The van der Waals surface area contributed by atoms with Crippen LogP contribution in [-0.4, -0.2) is 10.2 Å². The maximum absolute atomic E-state index is 7.01. The van der Waals surface area contributed by atoms with Gasteiger partial charge in [-0.05, 0) is 6.92 Å². The first-order valence-corrected chi connectivity index (χ1v) is 5.08. The molecule has 1 heterocycles. The highest BCUT2D eigenvalue weighted by molar-refractivity contribution is 8.13. The van der Waals surface area contributed by atoms with Gasteiger partial charge in [0.1, 0.15) is 0 Å². The van der Waals surface area contributed by atoms with E-state index in [1.54, 1.807) is 0 Å². The molecule has 0 unspecified atom stereocenters. The van der Waals surface area contributed by atoms with Crippen molar-refractivity contribution in [2.24, 2.45) is 5.73 Å². The van der Waals surface area contributed by atoms with E-state index in [0.29, 0.717) is 10.9 Å². The van der Waals surface area contributed by atoms with Crippen LogP contribution in [0.3, 0.4) is 0 Å². The smallest absolute Gasteiger partial charge is 0.180 e. The summed E-state index contributed by atoms with van der Waals surface area (Å²) in [6.45, 7) is 1.91. The Morgan fingerprint density at radius 1 is 1.75 bits per heavy atom. The van der Waals surface area contributed by atoms with Crippen molar-refractivity contribution < 1.29 is 0 Å². The van der Waals surface area contributed by atoms with Gasteiger partial charge in [-0.2, -0.15) is 0 Å². The van der Waals surface area contributed by atoms with Crippen LogP contribution in [0.4, 0.5) is 5.13 Å². The van der Waals surface area contributed by atoms with Gasteiger partial charge in [0.05, 0.1) is 5.69 Å². The van der Waals surface area contributed by atoms with E-state index in [9.17, 15) is 0 Å². The number of thioether (sulfide) groups is 1. The Morgan fingerprint density at radius 2 is 2.42 bits per heavy atom. The number of nitrogen functional groups attached to an aromatic ring is 1. The number of thiazole rings is 1. The van der Waals surface area contributed by atoms with Crippen molar-refractivity contribution in [1.82, 2.24) is 4.98 Å². The van der Waals surface area contributed by atoms with E-state index in [-0.39, 0.29) is 5.17 Å². The number of aryl methyl sites for hydroxylation is 1. The Morgan fingerprint density at radius 3 is 2.83 bits per heavy atom. The molecule has 0 aliphatic rings. The van der Waals surface area contributed by atoms with Crippen LogP contribution in [-0.2, 0) is 5.75 Å². The standard InChI is InChI=1S/C6H10N4S2/c1-3-4(2-11-5(7)8)12-6(9)10-3/h2H2,1H3,(H3,7,8)(H2,9,10). The number of aromatic nitrogens is 1. The second-order valence-electron chi connectivity index (χ2n) is 2.21. The van der Waals surface area contributed by atoms with E-state index in [2.05, 4.69) is 4.98 Å². The highest BCUT2D eigenvalue weighted by Crippen LogP contribution is 2.23. The fourth-order valence-corrected chi connectivity index (χ4v) is 2.26. The van der Waals surface area contributed by atoms with E-state index in [0.717, 1.165) is 10.6 Å². The zero-order chi connectivity index (χ0) is 9.14. The highest BCUT2D eigenvalue weighted by atomic mass is 32.2. The summed E-state index contributed by atoms with van der Waals surface area (Å²) >= 11 is 2.74. The summed E-state index contributed by atoms with van der Waals surface area (Å²) in [4.78, 5) is 5.15. The molecule has 0 saturated carbocycles. The molecule has 0 amide bonds. The molecule has 0 fully saturated rings. The van der Waals surface area contributed by atoms with Gasteiger partial charge in [0.15, 0.2) is 10.3 Å². The molecule has 1 rings (SSSR count). The molecule has 0 saturated heterocycles. The SMILES string of the molecule is Cc1nc(N)sc1CSC(=N)N. The summed E-state index contributed by atoms with van der Waals surface area (Å²) in [6, 6.07) is 0. The summed E-state index contributed by atoms with van der Waals surface area (Å²) < 4.78 is 0. The molecule has 0 spiro atoms. The maximum atomic E-state index is 7.01. The molecule has 0 radical (unpaired) electrons. The monoisotopic (exact) mass is 202 g/mol. The van der Waals surface area contributed by atoms with Crippen molar-refractivity contribution in [1.29, 1.82) is 5.41 Å². The Labute approximate surface area is 78.9 Å². The second-order valence-corrected chi connectivity index (χ2v) is 4.35. The van der Waals surface area contributed by atoms with E-state index < -0.39 is 0 Å². The summed E-state index contributed by atoms with van der Waals surface area (Å²) in [5.41, 5.74) is 11.6. The molecule has 0 aliphatic carbocycles. The zero-order valence-electron chi connectivity index (χ0n) is 6.63. The number of amidine groups is 1. The quantitative estimate of drug-likeness (QED) is 0.496. The third kappa shape index (κ3) is 2.38. The van der Waals surface area contributed by atoms with E-state index >= 15 is 0 Å². The normalized spacial score (nSPS) is 10.1. The maximum Gasteiger partial charge on any atom is 0.180 e. The average Bonchev–Trinajstić information content (AvgIpc) is 2.26. The Balaban J connectivity index is 2.62. The molecule has 0 bridgehead atoms. The summed E-state index contributed by atoms with van der Waals surface area (Å²) in [5.74, 6) is 0.691. The van der Waals surface area contributed by atoms with Crippen molar-refractivity contribution in [2.45, 2.75) is 12.7 Å². The Kier molecular flexibility index (Phi) is 2.93. The van der Waals surface area contributed by atoms with Gasteiger partial charge in [-0.15, -0.1) is 11.3 Å². The molecule has 0 aliphatic heterocycles. The van der Waals surface area contributed by atoms with Crippen LogP contribution < -0.4 is 11.5 Å². The van der Waals surface area contributed by atoms with Crippen molar-refractivity contribution in [2.75, 3.05) is 5.73 Å². The third-order valence-corrected chi connectivity index (χ3v) is 3.18. The van der Waals surface area contributed by atoms with E-state index in [1.807, 2.05) is 6.92 Å². The summed E-state index contributed by atoms with van der Waals surface area (Å²) in [7, 11) is 0. The minimum absolute atomic E-state index is 0.126. The number of nitrogens with zero attached hydrogens (tertiary/aromatic N) is 1. The minimum atomic E-state index is 0.126. The molecule has 0 atom stereocenters. The molecule has 6 heteroatoms. The second kappa shape index (κ2) is 3.77. The number of hydrogen-bond donors (Lipinski definition) is 3. The number of anilines is 1. The van der Waals surface area contributed by atoms with Gasteiger partial charge in [-0.1, -0.05) is 11.8 Å². The topological polar surface area (TPSA) is 88.8 Å². The molecular weight excluding hydrogens is 192 g/mol. The predicted molar refractivity (Wildman–Crippen MR) is 54.5 cm³/mol. The van der Waals surface area contributed by atoms with E-state index in [4.69, 9.17) is 16.9 Å². The van der Waals surface area contributed by atoms with Crippen LogP contribution in [0.2, 0.25) is 0 Å². The van der Waals surface area contributed by atoms with Gasteiger partial charge in [0, 0.05) is 10.6 Å². The van der Waals surface area contributed by atoms with Crippen molar-refractivity contribution >= 4 is 33.4 Å². The van der Waals surface area contributed by atoms with Gasteiger partial charge in [0.25, 0.3) is 0 Å². The lowest BCUT2D eigenvalue weighted by molar-refractivity contribution is 1.23.